The number of carbonyl (C=O) groups is 1. The normalized spacial score (nSPS) is 10.4. The molecule has 0 amide bonds. The predicted molar refractivity (Wildman–Crippen MR) is 67.8 cm³/mol. The zero-order chi connectivity index (χ0) is 15.6. The Kier molecular flexibility index (Phi) is 3.88. The van der Waals surface area contributed by atoms with Gasteiger partial charge in [0.1, 0.15) is 29.4 Å². The van der Waals surface area contributed by atoms with Crippen molar-refractivity contribution in [2.75, 3.05) is 0 Å². The minimum Gasteiger partial charge on any atom is -0.486 e. The van der Waals surface area contributed by atoms with Gasteiger partial charge >= 0.3 is 11.7 Å². The largest absolute Gasteiger partial charge is 0.486 e. The molecule has 0 radical (unpaired) electrons. The molecule has 7 nitrogen and oxygen atoms in total. The second kappa shape index (κ2) is 5.61. The lowest BCUT2D eigenvalue weighted by Crippen LogP contribution is -1.97. The van der Waals surface area contributed by atoms with E-state index >= 15 is 0 Å². The minimum atomic E-state index is -1.12. The van der Waals surface area contributed by atoms with Gasteiger partial charge in [0.2, 0.25) is 5.82 Å². The van der Waals surface area contributed by atoms with Crippen molar-refractivity contribution >= 4 is 11.7 Å². The molecule has 1 heterocycles. The molecule has 0 unspecified atom stereocenters. The smallest absolute Gasteiger partial charge is 0.339 e. The van der Waals surface area contributed by atoms with Gasteiger partial charge in [-0.05, 0) is 19.1 Å². The molecule has 110 valence electrons. The number of nitro benzene ring substituents is 1. The lowest BCUT2D eigenvalue weighted by molar-refractivity contribution is -0.387. The van der Waals surface area contributed by atoms with Crippen molar-refractivity contribution in [2.45, 2.75) is 13.5 Å². The van der Waals surface area contributed by atoms with E-state index in [9.17, 15) is 19.3 Å². The van der Waals surface area contributed by atoms with Crippen LogP contribution in [0.5, 0.6) is 5.75 Å². The Morgan fingerprint density at radius 1 is 1.48 bits per heavy atom. The first-order valence-electron chi connectivity index (χ1n) is 5.78. The summed E-state index contributed by atoms with van der Waals surface area (Å²) in [4.78, 5) is 20.5. The predicted octanol–water partition coefficient (Wildman–Crippen LogP) is 2.91. The third-order valence-corrected chi connectivity index (χ3v) is 2.70. The highest BCUT2D eigenvalue weighted by Gasteiger charge is 2.16. The molecule has 0 atom stereocenters. The number of nitrogens with zero attached hydrogens (tertiary/aromatic N) is 1. The van der Waals surface area contributed by atoms with Crippen LogP contribution in [0.4, 0.5) is 10.1 Å². The number of furan rings is 1. The second-order valence-electron chi connectivity index (χ2n) is 4.15. The fourth-order valence-electron chi connectivity index (χ4n) is 1.71. The van der Waals surface area contributed by atoms with E-state index in [1.54, 1.807) is 0 Å². The summed E-state index contributed by atoms with van der Waals surface area (Å²) in [6.07, 6.45) is 0. The molecule has 0 saturated carbocycles. The van der Waals surface area contributed by atoms with Gasteiger partial charge in [0, 0.05) is 12.1 Å². The first kappa shape index (κ1) is 14.5. The number of halogens is 1. The summed E-state index contributed by atoms with van der Waals surface area (Å²) < 4.78 is 23.8. The van der Waals surface area contributed by atoms with Crippen molar-refractivity contribution in [1.82, 2.24) is 0 Å². The summed E-state index contributed by atoms with van der Waals surface area (Å²) in [6.45, 7) is 1.38. The molecule has 8 heteroatoms. The minimum absolute atomic E-state index is 0.0171. The van der Waals surface area contributed by atoms with E-state index in [-0.39, 0.29) is 29.4 Å². The fourth-order valence-corrected chi connectivity index (χ4v) is 1.71. The maximum absolute atomic E-state index is 13.4. The Morgan fingerprint density at radius 3 is 2.71 bits per heavy atom. The number of aromatic carboxylic acids is 1. The maximum Gasteiger partial charge on any atom is 0.339 e. The molecule has 0 saturated heterocycles. The molecule has 0 spiro atoms. The molecular formula is C13H10FNO6. The van der Waals surface area contributed by atoms with Crippen molar-refractivity contribution in [2.24, 2.45) is 0 Å². The van der Waals surface area contributed by atoms with Crippen molar-refractivity contribution < 1.29 is 28.4 Å². The maximum atomic E-state index is 13.4. The number of aryl methyl sites for hydroxylation is 1. The molecule has 2 aromatic rings. The monoisotopic (exact) mass is 295 g/mol. The Balaban J connectivity index is 2.10. The van der Waals surface area contributed by atoms with Crippen molar-refractivity contribution in [3.8, 4) is 5.75 Å². The number of ether oxygens (including phenoxy) is 1. The van der Waals surface area contributed by atoms with Gasteiger partial charge < -0.3 is 14.3 Å². The summed E-state index contributed by atoms with van der Waals surface area (Å²) >= 11 is 0. The summed E-state index contributed by atoms with van der Waals surface area (Å²) in [7, 11) is 0. The molecule has 1 N–H and O–H groups in total. The van der Waals surface area contributed by atoms with Gasteiger partial charge in [0.05, 0.1) is 4.92 Å². The van der Waals surface area contributed by atoms with Crippen LogP contribution < -0.4 is 4.74 Å². The van der Waals surface area contributed by atoms with Gasteiger partial charge in [-0.2, -0.15) is 4.39 Å². The highest BCUT2D eigenvalue weighted by Crippen LogP contribution is 2.23. The first-order chi connectivity index (χ1) is 9.88. The van der Waals surface area contributed by atoms with Crippen LogP contribution in [0.25, 0.3) is 0 Å². The number of benzene rings is 1. The van der Waals surface area contributed by atoms with Gasteiger partial charge in [-0.1, -0.05) is 0 Å². The summed E-state index contributed by atoms with van der Waals surface area (Å²) in [6, 6.07) is 4.42. The highest BCUT2D eigenvalue weighted by molar-refractivity contribution is 5.88. The summed E-state index contributed by atoms with van der Waals surface area (Å²) in [5.74, 6) is -1.58. The third-order valence-electron chi connectivity index (χ3n) is 2.70. The number of rotatable bonds is 5. The van der Waals surface area contributed by atoms with Gasteiger partial charge in [-0.15, -0.1) is 0 Å². The number of nitro groups is 1. The standard InChI is InChI=1S/C13H10FNO6/c1-7-10(13(16)17)4-9(21-7)6-20-8-2-3-12(15(18)19)11(14)5-8/h2-5H,6H2,1H3,(H,16,17). The second-order valence-corrected chi connectivity index (χ2v) is 4.15. The first-order valence-corrected chi connectivity index (χ1v) is 5.78. The number of carboxylic acids is 1. The van der Waals surface area contributed by atoms with Gasteiger partial charge in [0.15, 0.2) is 0 Å². The third kappa shape index (κ3) is 3.16. The quantitative estimate of drug-likeness (QED) is 0.672. The van der Waals surface area contributed by atoms with Crippen LogP contribution in [0.1, 0.15) is 21.9 Å². The highest BCUT2D eigenvalue weighted by atomic mass is 19.1. The lowest BCUT2D eigenvalue weighted by atomic mass is 10.2. The molecule has 1 aromatic carbocycles. The molecule has 1 aromatic heterocycles. The number of carboxylic acid groups (broad SMARTS) is 1. The topological polar surface area (TPSA) is 103 Å². The Morgan fingerprint density at radius 2 is 2.19 bits per heavy atom. The number of hydrogen-bond donors (Lipinski definition) is 1. The van der Waals surface area contributed by atoms with Crippen LogP contribution in [-0.4, -0.2) is 16.0 Å². The zero-order valence-electron chi connectivity index (χ0n) is 10.8. The Bertz CT molecular complexity index is 709. The fraction of sp³-hybridized carbons (Fsp3) is 0.154. The average molecular weight is 295 g/mol. The number of hydrogen-bond acceptors (Lipinski definition) is 5. The van der Waals surface area contributed by atoms with Crippen molar-refractivity contribution in [3.05, 3.63) is 57.3 Å². The molecule has 21 heavy (non-hydrogen) atoms. The molecule has 0 aliphatic rings. The molecule has 0 aliphatic heterocycles. The van der Waals surface area contributed by atoms with Crippen molar-refractivity contribution in [3.63, 3.8) is 0 Å². The van der Waals surface area contributed by atoms with Crippen LogP contribution >= 0.6 is 0 Å². The van der Waals surface area contributed by atoms with E-state index in [0.29, 0.717) is 0 Å². The van der Waals surface area contributed by atoms with Gasteiger partial charge in [-0.25, -0.2) is 4.79 Å². The Hall–Kier alpha value is -2.90. The van der Waals surface area contributed by atoms with Crippen LogP contribution in [0.15, 0.2) is 28.7 Å². The van der Waals surface area contributed by atoms with Crippen LogP contribution in [0.3, 0.4) is 0 Å². The van der Waals surface area contributed by atoms with E-state index in [1.165, 1.54) is 19.1 Å². The van der Waals surface area contributed by atoms with E-state index in [0.717, 1.165) is 12.1 Å². The Labute approximate surface area is 117 Å². The van der Waals surface area contributed by atoms with Gasteiger partial charge in [0.25, 0.3) is 0 Å². The lowest BCUT2D eigenvalue weighted by Gasteiger charge is -2.04. The molecule has 0 bridgehead atoms. The zero-order valence-corrected chi connectivity index (χ0v) is 10.8. The van der Waals surface area contributed by atoms with Crippen molar-refractivity contribution in [1.29, 1.82) is 0 Å². The van der Waals surface area contributed by atoms with Crippen LogP contribution in [0.2, 0.25) is 0 Å². The van der Waals surface area contributed by atoms with Gasteiger partial charge in [-0.3, -0.25) is 10.1 Å². The van der Waals surface area contributed by atoms with E-state index < -0.39 is 22.4 Å². The van der Waals surface area contributed by atoms with E-state index in [2.05, 4.69) is 0 Å². The molecule has 0 aliphatic carbocycles. The SMILES string of the molecule is Cc1oc(COc2ccc([N+](=O)[O-])c(F)c2)cc1C(=O)O. The molecule has 2 rings (SSSR count). The van der Waals surface area contributed by atoms with Crippen LogP contribution in [-0.2, 0) is 6.61 Å². The van der Waals surface area contributed by atoms with E-state index in [4.69, 9.17) is 14.3 Å². The average Bonchev–Trinajstić information content (AvgIpc) is 2.77. The molecular weight excluding hydrogens is 285 g/mol. The molecule has 0 fully saturated rings. The summed E-state index contributed by atoms with van der Waals surface area (Å²) in [5.41, 5.74) is -0.632. The van der Waals surface area contributed by atoms with Crippen LogP contribution in [0, 0.1) is 22.9 Å². The van der Waals surface area contributed by atoms with E-state index in [1.807, 2.05) is 0 Å². The summed E-state index contributed by atoms with van der Waals surface area (Å²) in [5, 5.41) is 19.3.